The summed E-state index contributed by atoms with van der Waals surface area (Å²) in [6, 6.07) is 14.6. The Balaban J connectivity index is 2.09. The van der Waals surface area contributed by atoms with Gasteiger partial charge in [-0.1, -0.05) is 42.8 Å². The van der Waals surface area contributed by atoms with Gasteiger partial charge in [0.05, 0.1) is 12.9 Å². The molecule has 0 saturated carbocycles. The van der Waals surface area contributed by atoms with E-state index in [1.165, 1.54) is 11.8 Å². The molecule has 0 radical (unpaired) electrons. The van der Waals surface area contributed by atoms with Gasteiger partial charge in [-0.2, -0.15) is 0 Å². The zero-order chi connectivity index (χ0) is 22.8. The SMILES string of the molecule is CCC(C)NC(=O)C(C)N(Cc1cccc(OC)c1)C(=O)CSCc1ccc(Cl)cc1. The number of rotatable bonds is 11. The van der Waals surface area contributed by atoms with Crippen LogP contribution < -0.4 is 10.1 Å². The molecule has 0 bridgehead atoms. The molecule has 0 aliphatic heterocycles. The van der Waals surface area contributed by atoms with E-state index < -0.39 is 6.04 Å². The van der Waals surface area contributed by atoms with Crippen LogP contribution in [0.5, 0.6) is 5.75 Å². The second-order valence-corrected chi connectivity index (χ2v) is 8.91. The van der Waals surface area contributed by atoms with E-state index >= 15 is 0 Å². The van der Waals surface area contributed by atoms with Crippen molar-refractivity contribution in [1.82, 2.24) is 10.2 Å². The van der Waals surface area contributed by atoms with Gasteiger partial charge in [-0.15, -0.1) is 11.8 Å². The van der Waals surface area contributed by atoms with Crippen molar-refractivity contribution in [1.29, 1.82) is 0 Å². The molecule has 0 saturated heterocycles. The third kappa shape index (κ3) is 8.11. The first-order valence-corrected chi connectivity index (χ1v) is 11.9. The molecule has 0 fully saturated rings. The highest BCUT2D eigenvalue weighted by atomic mass is 35.5. The number of hydrogen-bond donors (Lipinski definition) is 1. The minimum absolute atomic E-state index is 0.0583. The molecule has 0 aliphatic carbocycles. The van der Waals surface area contributed by atoms with Gasteiger partial charge in [0.15, 0.2) is 0 Å². The summed E-state index contributed by atoms with van der Waals surface area (Å²) in [4.78, 5) is 27.5. The van der Waals surface area contributed by atoms with Gasteiger partial charge in [0.2, 0.25) is 11.8 Å². The first kappa shape index (κ1) is 25.1. The van der Waals surface area contributed by atoms with Crippen molar-refractivity contribution < 1.29 is 14.3 Å². The smallest absolute Gasteiger partial charge is 0.242 e. The zero-order valence-corrected chi connectivity index (χ0v) is 20.1. The number of halogens is 1. The molecule has 31 heavy (non-hydrogen) atoms. The number of methoxy groups -OCH3 is 1. The average Bonchev–Trinajstić information content (AvgIpc) is 2.78. The van der Waals surface area contributed by atoms with Crippen molar-refractivity contribution in [3.8, 4) is 5.75 Å². The van der Waals surface area contributed by atoms with Crippen LogP contribution in [0.1, 0.15) is 38.3 Å². The molecule has 2 aromatic carbocycles. The quantitative estimate of drug-likeness (QED) is 0.515. The third-order valence-corrected chi connectivity index (χ3v) is 6.30. The Kier molecular flexibility index (Phi) is 10.2. The maximum Gasteiger partial charge on any atom is 0.242 e. The minimum atomic E-state index is -0.580. The Morgan fingerprint density at radius 3 is 2.48 bits per heavy atom. The highest BCUT2D eigenvalue weighted by Crippen LogP contribution is 2.19. The van der Waals surface area contributed by atoms with Crippen LogP contribution in [0.3, 0.4) is 0 Å². The van der Waals surface area contributed by atoms with Crippen molar-refractivity contribution in [2.24, 2.45) is 0 Å². The standard InChI is InChI=1S/C24H31ClN2O3S/c1-5-17(2)26-24(29)18(3)27(14-20-7-6-8-22(13-20)30-4)23(28)16-31-15-19-9-11-21(25)12-10-19/h6-13,17-18H,5,14-16H2,1-4H3,(H,26,29). The van der Waals surface area contributed by atoms with Gasteiger partial charge in [-0.3, -0.25) is 9.59 Å². The van der Waals surface area contributed by atoms with Gasteiger partial charge in [-0.25, -0.2) is 0 Å². The molecule has 2 atom stereocenters. The summed E-state index contributed by atoms with van der Waals surface area (Å²) in [5.41, 5.74) is 2.02. The number of carbonyl (C=O) groups is 2. The average molecular weight is 463 g/mol. The highest BCUT2D eigenvalue weighted by Gasteiger charge is 2.26. The Morgan fingerprint density at radius 2 is 1.84 bits per heavy atom. The van der Waals surface area contributed by atoms with E-state index in [-0.39, 0.29) is 23.6 Å². The summed E-state index contributed by atoms with van der Waals surface area (Å²) in [5, 5.41) is 3.67. The fourth-order valence-corrected chi connectivity index (χ4v) is 3.93. The number of benzene rings is 2. The predicted molar refractivity (Wildman–Crippen MR) is 129 cm³/mol. The molecule has 7 heteroatoms. The molecular weight excluding hydrogens is 432 g/mol. The number of nitrogens with one attached hydrogen (secondary N) is 1. The normalized spacial score (nSPS) is 12.7. The molecule has 0 aliphatic rings. The number of thioether (sulfide) groups is 1. The lowest BCUT2D eigenvalue weighted by atomic mass is 10.1. The van der Waals surface area contributed by atoms with Gasteiger partial charge in [0.1, 0.15) is 11.8 Å². The largest absolute Gasteiger partial charge is 0.497 e. The molecule has 2 amide bonds. The van der Waals surface area contributed by atoms with E-state index in [4.69, 9.17) is 16.3 Å². The van der Waals surface area contributed by atoms with Crippen molar-refractivity contribution in [3.05, 3.63) is 64.7 Å². The van der Waals surface area contributed by atoms with Gasteiger partial charge in [0, 0.05) is 23.4 Å². The van der Waals surface area contributed by atoms with Crippen LogP contribution >= 0.6 is 23.4 Å². The molecular formula is C24H31ClN2O3S. The molecule has 2 unspecified atom stereocenters. The first-order valence-electron chi connectivity index (χ1n) is 10.4. The number of carbonyl (C=O) groups excluding carboxylic acids is 2. The van der Waals surface area contributed by atoms with Crippen LogP contribution in [0.2, 0.25) is 5.02 Å². The fraction of sp³-hybridized carbons (Fsp3) is 0.417. The minimum Gasteiger partial charge on any atom is -0.497 e. The Morgan fingerprint density at radius 1 is 1.13 bits per heavy atom. The lowest BCUT2D eigenvalue weighted by Crippen LogP contribution is -2.50. The van der Waals surface area contributed by atoms with Crippen LogP contribution in [-0.4, -0.2) is 41.7 Å². The first-order chi connectivity index (χ1) is 14.8. The van der Waals surface area contributed by atoms with Crippen molar-refractivity contribution in [3.63, 3.8) is 0 Å². The van der Waals surface area contributed by atoms with E-state index in [0.717, 1.165) is 23.3 Å². The van der Waals surface area contributed by atoms with Crippen LogP contribution in [0.15, 0.2) is 48.5 Å². The summed E-state index contributed by atoms with van der Waals surface area (Å²) < 4.78 is 5.30. The van der Waals surface area contributed by atoms with Gasteiger partial charge in [-0.05, 0) is 55.7 Å². The lowest BCUT2D eigenvalue weighted by Gasteiger charge is -2.29. The number of amides is 2. The van der Waals surface area contributed by atoms with E-state index in [0.29, 0.717) is 17.3 Å². The second-order valence-electron chi connectivity index (χ2n) is 7.49. The van der Waals surface area contributed by atoms with Crippen molar-refractivity contribution in [2.45, 2.75) is 51.6 Å². The maximum atomic E-state index is 13.1. The van der Waals surface area contributed by atoms with E-state index in [1.807, 2.05) is 62.4 Å². The summed E-state index contributed by atoms with van der Waals surface area (Å²) in [6.07, 6.45) is 0.833. The highest BCUT2D eigenvalue weighted by molar-refractivity contribution is 7.99. The maximum absolute atomic E-state index is 13.1. The Bertz CT molecular complexity index is 860. The number of ether oxygens (including phenoxy) is 1. The lowest BCUT2D eigenvalue weighted by molar-refractivity contribution is -0.138. The Labute approximate surface area is 194 Å². The van der Waals surface area contributed by atoms with Crippen molar-refractivity contribution in [2.75, 3.05) is 12.9 Å². The van der Waals surface area contributed by atoms with Gasteiger partial charge in [0.25, 0.3) is 0 Å². The molecule has 2 aromatic rings. The summed E-state index contributed by atoms with van der Waals surface area (Å²) in [5.74, 6) is 1.48. The van der Waals surface area contributed by atoms with Gasteiger partial charge >= 0.3 is 0 Å². The van der Waals surface area contributed by atoms with Crippen LogP contribution in [0.4, 0.5) is 0 Å². The molecule has 1 N–H and O–H groups in total. The van der Waals surface area contributed by atoms with Crippen molar-refractivity contribution >= 4 is 35.2 Å². The summed E-state index contributed by atoms with van der Waals surface area (Å²) >= 11 is 7.46. The monoisotopic (exact) mass is 462 g/mol. The van der Waals surface area contributed by atoms with E-state index in [2.05, 4.69) is 5.32 Å². The number of hydrogen-bond acceptors (Lipinski definition) is 4. The van der Waals surface area contributed by atoms with Crippen LogP contribution in [0, 0.1) is 0 Å². The zero-order valence-electron chi connectivity index (χ0n) is 18.6. The number of nitrogens with zero attached hydrogens (tertiary/aromatic N) is 1. The summed E-state index contributed by atoms with van der Waals surface area (Å²) in [6.45, 7) is 6.09. The summed E-state index contributed by atoms with van der Waals surface area (Å²) in [7, 11) is 1.61. The molecule has 5 nitrogen and oxygen atoms in total. The molecule has 0 spiro atoms. The Hall–Kier alpha value is -2.18. The molecule has 2 rings (SSSR count). The van der Waals surface area contributed by atoms with E-state index in [1.54, 1.807) is 18.9 Å². The molecule has 168 valence electrons. The van der Waals surface area contributed by atoms with Crippen LogP contribution in [-0.2, 0) is 21.9 Å². The second kappa shape index (κ2) is 12.6. The van der Waals surface area contributed by atoms with E-state index in [9.17, 15) is 9.59 Å². The van der Waals surface area contributed by atoms with Gasteiger partial charge < -0.3 is 15.0 Å². The topological polar surface area (TPSA) is 58.6 Å². The van der Waals surface area contributed by atoms with Crippen LogP contribution in [0.25, 0.3) is 0 Å². The third-order valence-electron chi connectivity index (χ3n) is 5.06. The molecule has 0 aromatic heterocycles. The molecule has 0 heterocycles. The predicted octanol–water partition coefficient (Wildman–Crippen LogP) is 4.91. The fourth-order valence-electron chi connectivity index (χ4n) is 2.94.